The molecule has 0 amide bonds. The fraction of sp³-hybridized carbons (Fsp3) is 0.154. The molecule has 20 heavy (non-hydrogen) atoms. The zero-order chi connectivity index (χ0) is 14.9. The van der Waals surface area contributed by atoms with Crippen molar-refractivity contribution in [2.75, 3.05) is 0 Å². The van der Waals surface area contributed by atoms with Gasteiger partial charge >= 0.3 is 6.18 Å². The van der Waals surface area contributed by atoms with Crippen LogP contribution in [0.5, 0.6) is 0 Å². The number of halogens is 5. The Hall–Kier alpha value is -1.47. The molecule has 2 nitrogen and oxygen atoms in total. The molecule has 0 aliphatic rings. The summed E-state index contributed by atoms with van der Waals surface area (Å²) in [5.41, 5.74) is -1.69. The van der Waals surface area contributed by atoms with Crippen LogP contribution in [0.1, 0.15) is 22.8 Å². The lowest BCUT2D eigenvalue weighted by Gasteiger charge is -2.18. The third-order valence-corrected chi connectivity index (χ3v) is 3.21. The molecule has 0 saturated heterocycles. The van der Waals surface area contributed by atoms with E-state index in [-0.39, 0.29) is 10.0 Å². The van der Waals surface area contributed by atoms with Crippen molar-refractivity contribution >= 4 is 15.9 Å². The van der Waals surface area contributed by atoms with E-state index >= 15 is 0 Å². The van der Waals surface area contributed by atoms with E-state index < -0.39 is 29.2 Å². The van der Waals surface area contributed by atoms with Crippen LogP contribution in [0.15, 0.2) is 41.1 Å². The Morgan fingerprint density at radius 3 is 2.45 bits per heavy atom. The average molecular weight is 350 g/mol. The monoisotopic (exact) mass is 349 g/mol. The second-order valence-corrected chi connectivity index (χ2v) is 4.94. The van der Waals surface area contributed by atoms with Crippen LogP contribution < -0.4 is 0 Å². The number of aliphatic hydroxyl groups excluding tert-OH is 1. The van der Waals surface area contributed by atoms with Gasteiger partial charge in [0.15, 0.2) is 0 Å². The van der Waals surface area contributed by atoms with Gasteiger partial charge in [0.05, 0.1) is 11.8 Å². The van der Waals surface area contributed by atoms with E-state index in [0.29, 0.717) is 0 Å². The molecule has 1 N–H and O–H groups in total. The summed E-state index contributed by atoms with van der Waals surface area (Å²) in [7, 11) is 0. The molecule has 106 valence electrons. The summed E-state index contributed by atoms with van der Waals surface area (Å²) in [5.74, 6) is -0.865. The third kappa shape index (κ3) is 2.99. The van der Waals surface area contributed by atoms with Crippen LogP contribution in [0, 0.1) is 5.82 Å². The Morgan fingerprint density at radius 1 is 1.15 bits per heavy atom. The maximum atomic E-state index is 13.5. The summed E-state index contributed by atoms with van der Waals surface area (Å²) in [6.45, 7) is 0. The minimum Gasteiger partial charge on any atom is -0.384 e. The van der Waals surface area contributed by atoms with Gasteiger partial charge in [-0.15, -0.1) is 0 Å². The van der Waals surface area contributed by atoms with Gasteiger partial charge in [0.2, 0.25) is 0 Å². The first-order valence-electron chi connectivity index (χ1n) is 5.45. The molecular weight excluding hydrogens is 342 g/mol. The van der Waals surface area contributed by atoms with Gasteiger partial charge < -0.3 is 5.11 Å². The van der Waals surface area contributed by atoms with Gasteiger partial charge in [0, 0.05) is 16.2 Å². The van der Waals surface area contributed by atoms with Gasteiger partial charge in [-0.2, -0.15) is 13.2 Å². The fourth-order valence-electron chi connectivity index (χ4n) is 1.79. The Bertz CT molecular complexity index is 630. The van der Waals surface area contributed by atoms with E-state index in [1.807, 2.05) is 0 Å². The topological polar surface area (TPSA) is 33.1 Å². The first kappa shape index (κ1) is 14.9. The molecule has 0 aliphatic carbocycles. The average Bonchev–Trinajstić information content (AvgIpc) is 2.37. The Labute approximate surface area is 120 Å². The highest BCUT2D eigenvalue weighted by Gasteiger charge is 2.35. The molecule has 1 atom stereocenters. The zero-order valence-electron chi connectivity index (χ0n) is 9.83. The zero-order valence-corrected chi connectivity index (χ0v) is 11.4. The predicted molar refractivity (Wildman–Crippen MR) is 67.4 cm³/mol. The summed E-state index contributed by atoms with van der Waals surface area (Å²) < 4.78 is 52.6. The lowest BCUT2D eigenvalue weighted by molar-refractivity contribution is -0.139. The van der Waals surface area contributed by atoms with Crippen LogP contribution in [0.2, 0.25) is 0 Å². The normalized spacial score (nSPS) is 13.3. The van der Waals surface area contributed by atoms with E-state index in [9.17, 15) is 22.7 Å². The van der Waals surface area contributed by atoms with Crippen molar-refractivity contribution < 1.29 is 22.7 Å². The Balaban J connectivity index is 2.56. The quantitative estimate of drug-likeness (QED) is 0.828. The number of nitrogens with zero attached hydrogens (tertiary/aromatic N) is 1. The van der Waals surface area contributed by atoms with Crippen LogP contribution in [-0.4, -0.2) is 10.1 Å². The van der Waals surface area contributed by atoms with Crippen molar-refractivity contribution in [1.82, 2.24) is 4.98 Å². The number of aliphatic hydroxyl groups is 1. The van der Waals surface area contributed by atoms with Crippen LogP contribution in [0.3, 0.4) is 0 Å². The predicted octanol–water partition coefficient (Wildman–Crippen LogP) is 4.08. The van der Waals surface area contributed by atoms with Crippen molar-refractivity contribution in [3.05, 3.63) is 63.6 Å². The highest BCUT2D eigenvalue weighted by Crippen LogP contribution is 2.38. The summed E-state index contributed by atoms with van der Waals surface area (Å²) in [5, 5.41) is 10.0. The van der Waals surface area contributed by atoms with Gasteiger partial charge in [-0.3, -0.25) is 4.98 Å². The van der Waals surface area contributed by atoms with Gasteiger partial charge in [-0.05, 0) is 23.8 Å². The molecule has 2 rings (SSSR count). The molecule has 0 aliphatic heterocycles. The van der Waals surface area contributed by atoms with Crippen LogP contribution >= 0.6 is 15.9 Å². The molecule has 0 fully saturated rings. The molecule has 0 bridgehead atoms. The molecule has 1 unspecified atom stereocenters. The van der Waals surface area contributed by atoms with Crippen molar-refractivity contribution in [2.45, 2.75) is 12.3 Å². The molecule has 2 aromatic rings. The number of hydrogen-bond donors (Lipinski definition) is 1. The maximum absolute atomic E-state index is 13.5. The first-order valence-corrected chi connectivity index (χ1v) is 6.24. The molecule has 0 saturated carbocycles. The van der Waals surface area contributed by atoms with Gasteiger partial charge in [-0.25, -0.2) is 4.39 Å². The smallest absolute Gasteiger partial charge is 0.384 e. The van der Waals surface area contributed by atoms with Crippen molar-refractivity contribution in [2.24, 2.45) is 0 Å². The second kappa shape index (κ2) is 5.49. The highest BCUT2D eigenvalue weighted by atomic mass is 79.9. The third-order valence-electron chi connectivity index (χ3n) is 2.71. The second-order valence-electron chi connectivity index (χ2n) is 4.03. The molecule has 0 radical (unpaired) electrons. The van der Waals surface area contributed by atoms with E-state index in [4.69, 9.17) is 0 Å². The van der Waals surface area contributed by atoms with Gasteiger partial charge in [0.1, 0.15) is 11.9 Å². The molecular formula is C13H8BrF4NO. The highest BCUT2D eigenvalue weighted by molar-refractivity contribution is 9.10. The molecule has 0 spiro atoms. The largest absolute Gasteiger partial charge is 0.416 e. The summed E-state index contributed by atoms with van der Waals surface area (Å²) >= 11 is 2.94. The number of pyridine rings is 1. The first-order chi connectivity index (χ1) is 9.30. The van der Waals surface area contributed by atoms with Crippen molar-refractivity contribution in [3.8, 4) is 0 Å². The maximum Gasteiger partial charge on any atom is 0.416 e. The summed E-state index contributed by atoms with van der Waals surface area (Å²) in [6, 6.07) is 4.45. The Kier molecular flexibility index (Phi) is 4.10. The van der Waals surface area contributed by atoms with E-state index in [2.05, 4.69) is 20.9 Å². The molecule has 1 heterocycles. The lowest BCUT2D eigenvalue weighted by atomic mass is 9.97. The summed E-state index contributed by atoms with van der Waals surface area (Å²) in [4.78, 5) is 3.49. The van der Waals surface area contributed by atoms with E-state index in [1.165, 1.54) is 12.3 Å². The van der Waals surface area contributed by atoms with Crippen LogP contribution in [0.4, 0.5) is 17.6 Å². The molecule has 1 aromatic carbocycles. The number of alkyl halides is 3. The van der Waals surface area contributed by atoms with E-state index in [1.54, 1.807) is 0 Å². The lowest BCUT2D eigenvalue weighted by Crippen LogP contribution is -2.13. The van der Waals surface area contributed by atoms with E-state index in [0.717, 1.165) is 24.4 Å². The number of benzene rings is 1. The SMILES string of the molecule is OC(c1ccncc1F)c1ccc(Br)cc1C(F)(F)F. The molecule has 7 heteroatoms. The fourth-order valence-corrected chi connectivity index (χ4v) is 2.15. The van der Waals surface area contributed by atoms with Crippen molar-refractivity contribution in [1.29, 1.82) is 0 Å². The standard InChI is InChI=1S/C13H8BrF4NO/c14-7-1-2-8(10(5-7)13(16,17)18)12(20)9-3-4-19-6-11(9)15/h1-6,12,20H. The summed E-state index contributed by atoms with van der Waals surface area (Å²) in [6.07, 6.45) is -4.33. The number of rotatable bonds is 2. The number of aromatic nitrogens is 1. The van der Waals surface area contributed by atoms with Gasteiger partial charge in [0.25, 0.3) is 0 Å². The minimum atomic E-state index is -4.65. The van der Waals surface area contributed by atoms with Gasteiger partial charge in [-0.1, -0.05) is 22.0 Å². The van der Waals surface area contributed by atoms with Crippen LogP contribution in [0.25, 0.3) is 0 Å². The Morgan fingerprint density at radius 2 is 1.85 bits per heavy atom. The van der Waals surface area contributed by atoms with Crippen LogP contribution in [-0.2, 0) is 6.18 Å². The minimum absolute atomic E-state index is 0.218. The van der Waals surface area contributed by atoms with Crippen molar-refractivity contribution in [3.63, 3.8) is 0 Å². The molecule has 1 aromatic heterocycles. The number of hydrogen-bond acceptors (Lipinski definition) is 2.